The van der Waals surface area contributed by atoms with Crippen LogP contribution >= 0.6 is 0 Å². The molecule has 132 valence electrons. The van der Waals surface area contributed by atoms with E-state index in [0.29, 0.717) is 6.54 Å². The van der Waals surface area contributed by atoms with Gasteiger partial charge in [0, 0.05) is 35.2 Å². The van der Waals surface area contributed by atoms with E-state index in [4.69, 9.17) is 9.88 Å². The zero-order valence-electron chi connectivity index (χ0n) is 14.1. The lowest BCUT2D eigenvalue weighted by atomic mass is 10.2. The fourth-order valence-corrected chi connectivity index (χ4v) is 3.71. The Balaban J connectivity index is 1.85. The summed E-state index contributed by atoms with van der Waals surface area (Å²) in [6.07, 6.45) is 3.61. The molecule has 0 aliphatic carbocycles. The maximum atomic E-state index is 11.4. The number of hydrogen-bond acceptors (Lipinski definition) is 4. The summed E-state index contributed by atoms with van der Waals surface area (Å²) in [6.45, 7) is 0.598. The van der Waals surface area contributed by atoms with Gasteiger partial charge in [-0.25, -0.2) is 13.6 Å². The lowest BCUT2D eigenvalue weighted by Crippen LogP contribution is -2.12. The first-order valence-electron chi connectivity index (χ1n) is 7.99. The molecule has 0 unspecified atom stereocenters. The molecule has 0 fully saturated rings. The molecular weight excluding hydrogens is 350 g/mol. The van der Waals surface area contributed by atoms with Crippen molar-refractivity contribution in [3.63, 3.8) is 0 Å². The fourth-order valence-electron chi connectivity index (χ4n) is 3.19. The molecule has 2 aromatic carbocycles. The highest BCUT2D eigenvalue weighted by Gasteiger charge is 2.13. The molecule has 0 aliphatic rings. The van der Waals surface area contributed by atoms with Gasteiger partial charge in [0.15, 0.2) is 0 Å². The fraction of sp³-hybridized carbons (Fsp3) is 0.105. The Kier molecular flexibility index (Phi) is 3.90. The van der Waals surface area contributed by atoms with E-state index in [1.54, 1.807) is 25.4 Å². The number of nitrogens with zero attached hydrogens (tertiary/aromatic N) is 2. The standard InChI is InChI=1S/C19H17N3O3S/c1-25-14-4-7-18-16(10-14)17-11-21-9-8-19(17)22(18)12-13-2-5-15(6-3-13)26(20,23)24/h2-11H,12H2,1H3,(H2,20,23,24). The van der Waals surface area contributed by atoms with Crippen molar-refractivity contribution >= 4 is 31.8 Å². The second-order valence-corrected chi connectivity index (χ2v) is 7.61. The SMILES string of the molecule is COc1ccc2c(c1)c1cnccc1n2Cc1ccc(S(N)(=O)=O)cc1. The molecule has 2 aromatic heterocycles. The van der Waals surface area contributed by atoms with Gasteiger partial charge in [-0.05, 0) is 42.0 Å². The summed E-state index contributed by atoms with van der Waals surface area (Å²) < 4.78 is 30.4. The average Bonchev–Trinajstić information content (AvgIpc) is 2.95. The van der Waals surface area contributed by atoms with E-state index >= 15 is 0 Å². The first-order chi connectivity index (χ1) is 12.5. The zero-order chi connectivity index (χ0) is 18.3. The van der Waals surface area contributed by atoms with Crippen LogP contribution < -0.4 is 9.88 Å². The normalized spacial score (nSPS) is 11.9. The third-order valence-electron chi connectivity index (χ3n) is 4.47. The molecule has 4 aromatic rings. The lowest BCUT2D eigenvalue weighted by molar-refractivity contribution is 0.415. The number of pyridine rings is 1. The van der Waals surface area contributed by atoms with E-state index in [0.717, 1.165) is 33.1 Å². The van der Waals surface area contributed by atoms with Gasteiger partial charge >= 0.3 is 0 Å². The minimum absolute atomic E-state index is 0.109. The first-order valence-corrected chi connectivity index (χ1v) is 9.54. The number of aromatic nitrogens is 2. The molecule has 2 heterocycles. The van der Waals surface area contributed by atoms with Crippen LogP contribution in [0.1, 0.15) is 5.56 Å². The zero-order valence-corrected chi connectivity index (χ0v) is 14.9. The number of benzene rings is 2. The van der Waals surface area contributed by atoms with E-state index in [9.17, 15) is 8.42 Å². The van der Waals surface area contributed by atoms with Crippen LogP contribution in [0, 0.1) is 0 Å². The van der Waals surface area contributed by atoms with Gasteiger partial charge in [0.05, 0.1) is 17.5 Å². The van der Waals surface area contributed by atoms with Crippen LogP contribution in [-0.4, -0.2) is 25.1 Å². The van der Waals surface area contributed by atoms with Gasteiger partial charge in [-0.15, -0.1) is 0 Å². The molecule has 0 bridgehead atoms. The Morgan fingerprint density at radius 1 is 1.04 bits per heavy atom. The summed E-state index contributed by atoms with van der Waals surface area (Å²) in [6, 6.07) is 14.5. The number of rotatable bonds is 4. The largest absolute Gasteiger partial charge is 0.497 e. The van der Waals surface area contributed by atoms with Gasteiger partial charge < -0.3 is 9.30 Å². The predicted octanol–water partition coefficient (Wildman–Crippen LogP) is 2.89. The molecule has 0 saturated carbocycles. The quantitative estimate of drug-likeness (QED) is 0.601. The summed E-state index contributed by atoms with van der Waals surface area (Å²) in [5.74, 6) is 0.790. The molecule has 2 N–H and O–H groups in total. The van der Waals surface area contributed by atoms with Crippen molar-refractivity contribution in [3.8, 4) is 5.75 Å². The van der Waals surface area contributed by atoms with Gasteiger partial charge in [-0.1, -0.05) is 12.1 Å². The Morgan fingerprint density at radius 2 is 1.77 bits per heavy atom. The topological polar surface area (TPSA) is 87.2 Å². The van der Waals surface area contributed by atoms with Gasteiger partial charge in [0.2, 0.25) is 10.0 Å². The first kappa shape index (κ1) is 16.6. The molecule has 0 radical (unpaired) electrons. The van der Waals surface area contributed by atoms with Crippen molar-refractivity contribution in [1.29, 1.82) is 0 Å². The van der Waals surface area contributed by atoms with Gasteiger partial charge in [0.1, 0.15) is 5.75 Å². The number of fused-ring (bicyclic) bond motifs is 3. The average molecular weight is 367 g/mol. The molecule has 0 saturated heterocycles. The van der Waals surface area contributed by atoms with E-state index < -0.39 is 10.0 Å². The van der Waals surface area contributed by atoms with Crippen molar-refractivity contribution < 1.29 is 13.2 Å². The van der Waals surface area contributed by atoms with E-state index in [-0.39, 0.29) is 4.90 Å². The summed E-state index contributed by atoms with van der Waals surface area (Å²) in [4.78, 5) is 4.35. The molecule has 0 amide bonds. The summed E-state index contributed by atoms with van der Waals surface area (Å²) in [7, 11) is -2.04. The van der Waals surface area contributed by atoms with Crippen molar-refractivity contribution in [2.45, 2.75) is 11.4 Å². The number of primary sulfonamides is 1. The van der Waals surface area contributed by atoms with Crippen LogP contribution in [0.5, 0.6) is 5.75 Å². The predicted molar refractivity (Wildman–Crippen MR) is 101 cm³/mol. The van der Waals surface area contributed by atoms with Crippen molar-refractivity contribution in [3.05, 3.63) is 66.5 Å². The Hall–Kier alpha value is -2.90. The summed E-state index contributed by atoms with van der Waals surface area (Å²) >= 11 is 0. The second-order valence-electron chi connectivity index (χ2n) is 6.05. The second kappa shape index (κ2) is 6.12. The van der Waals surface area contributed by atoms with E-state index in [2.05, 4.69) is 9.55 Å². The maximum Gasteiger partial charge on any atom is 0.238 e. The third-order valence-corrected chi connectivity index (χ3v) is 5.40. The minimum atomic E-state index is -3.69. The van der Waals surface area contributed by atoms with Gasteiger partial charge in [-0.3, -0.25) is 4.98 Å². The minimum Gasteiger partial charge on any atom is -0.497 e. The van der Waals surface area contributed by atoms with Crippen molar-refractivity contribution in [1.82, 2.24) is 9.55 Å². The van der Waals surface area contributed by atoms with Crippen LogP contribution in [0.4, 0.5) is 0 Å². The number of ether oxygens (including phenoxy) is 1. The summed E-state index contributed by atoms with van der Waals surface area (Å²) in [5, 5.41) is 7.27. The van der Waals surface area contributed by atoms with Crippen LogP contribution in [0.3, 0.4) is 0 Å². The Morgan fingerprint density at radius 3 is 2.46 bits per heavy atom. The molecule has 7 heteroatoms. The highest BCUT2D eigenvalue weighted by Crippen LogP contribution is 2.31. The van der Waals surface area contributed by atoms with E-state index in [1.165, 1.54) is 12.1 Å². The Bertz CT molecular complexity index is 1210. The van der Waals surface area contributed by atoms with Crippen molar-refractivity contribution in [2.75, 3.05) is 7.11 Å². The summed E-state index contributed by atoms with van der Waals surface area (Å²) in [5.41, 5.74) is 3.09. The van der Waals surface area contributed by atoms with Gasteiger partial charge in [0.25, 0.3) is 0 Å². The highest BCUT2D eigenvalue weighted by atomic mass is 32.2. The van der Waals surface area contributed by atoms with Crippen LogP contribution in [-0.2, 0) is 16.6 Å². The molecule has 4 rings (SSSR count). The van der Waals surface area contributed by atoms with Crippen LogP contribution in [0.25, 0.3) is 21.8 Å². The highest BCUT2D eigenvalue weighted by molar-refractivity contribution is 7.89. The number of hydrogen-bond donors (Lipinski definition) is 1. The monoisotopic (exact) mass is 367 g/mol. The maximum absolute atomic E-state index is 11.4. The lowest BCUT2D eigenvalue weighted by Gasteiger charge is -2.09. The number of methoxy groups -OCH3 is 1. The van der Waals surface area contributed by atoms with Crippen LogP contribution in [0.15, 0.2) is 65.8 Å². The Labute approximate surface area is 150 Å². The molecule has 0 atom stereocenters. The smallest absolute Gasteiger partial charge is 0.238 e. The number of sulfonamides is 1. The van der Waals surface area contributed by atoms with Gasteiger partial charge in [-0.2, -0.15) is 0 Å². The van der Waals surface area contributed by atoms with E-state index in [1.807, 2.05) is 30.5 Å². The molecule has 26 heavy (non-hydrogen) atoms. The molecular formula is C19H17N3O3S. The third kappa shape index (κ3) is 2.81. The number of nitrogens with two attached hydrogens (primary N) is 1. The molecule has 0 spiro atoms. The molecule has 0 aliphatic heterocycles. The van der Waals surface area contributed by atoms with Crippen molar-refractivity contribution in [2.24, 2.45) is 5.14 Å². The van der Waals surface area contributed by atoms with Crippen LogP contribution in [0.2, 0.25) is 0 Å². The molecule has 6 nitrogen and oxygen atoms in total.